The maximum Gasteiger partial charge on any atom is 0.240 e. The predicted molar refractivity (Wildman–Crippen MR) is 97.7 cm³/mol. The van der Waals surface area contributed by atoms with Crippen LogP contribution >= 0.6 is 0 Å². The fourth-order valence-electron chi connectivity index (χ4n) is 2.68. The number of hydrogen-bond acceptors (Lipinski definition) is 4. The van der Waals surface area contributed by atoms with Gasteiger partial charge in [0.25, 0.3) is 0 Å². The number of aryl methyl sites for hydroxylation is 2. The molecule has 0 aliphatic heterocycles. The Bertz CT molecular complexity index is 930. The number of hydrogen-bond donors (Lipinski definition) is 0. The third-order valence-corrected chi connectivity index (χ3v) is 4.06. The van der Waals surface area contributed by atoms with Crippen molar-refractivity contribution in [2.24, 2.45) is 4.99 Å². The van der Waals surface area contributed by atoms with Gasteiger partial charge in [-0.1, -0.05) is 18.2 Å². The van der Waals surface area contributed by atoms with Gasteiger partial charge in [-0.05, 0) is 61.4 Å². The van der Waals surface area contributed by atoms with Gasteiger partial charge in [-0.2, -0.15) is 4.99 Å². The van der Waals surface area contributed by atoms with Gasteiger partial charge < -0.3 is 4.74 Å². The fourth-order valence-corrected chi connectivity index (χ4v) is 2.68. The number of benzene rings is 2. The van der Waals surface area contributed by atoms with Crippen LogP contribution in [0.5, 0.6) is 5.75 Å². The number of nitrogens with zero attached hydrogens (tertiary/aromatic N) is 2. The van der Waals surface area contributed by atoms with Gasteiger partial charge in [0.1, 0.15) is 12.4 Å². The van der Waals surface area contributed by atoms with Crippen LogP contribution in [0.3, 0.4) is 0 Å². The summed E-state index contributed by atoms with van der Waals surface area (Å²) in [6.45, 7) is 4.32. The summed E-state index contributed by atoms with van der Waals surface area (Å²) in [6, 6.07) is 17.5. The molecule has 3 rings (SSSR count). The number of ether oxygens (including phenoxy) is 1. The minimum absolute atomic E-state index is 0.344. The fraction of sp³-hybridized carbons (Fsp3) is 0.143. The molecule has 1 heterocycles. The Morgan fingerprint density at radius 3 is 2.64 bits per heavy atom. The van der Waals surface area contributed by atoms with Crippen molar-refractivity contribution in [3.8, 4) is 17.0 Å². The van der Waals surface area contributed by atoms with Crippen molar-refractivity contribution < 1.29 is 9.53 Å². The Hall–Kier alpha value is -3.23. The molecule has 0 saturated carbocycles. The largest absolute Gasteiger partial charge is 0.489 e. The molecular weight excluding hydrogens is 312 g/mol. The summed E-state index contributed by atoms with van der Waals surface area (Å²) in [4.78, 5) is 18.7. The highest BCUT2D eigenvalue weighted by atomic mass is 16.5. The number of isocyanates is 1. The van der Waals surface area contributed by atoms with Crippen LogP contribution in [-0.2, 0) is 11.4 Å². The number of aromatic nitrogens is 1. The van der Waals surface area contributed by atoms with Crippen LogP contribution in [0.1, 0.15) is 16.7 Å². The normalized spacial score (nSPS) is 10.2. The second-order valence-electron chi connectivity index (χ2n) is 5.76. The first kappa shape index (κ1) is 16.6. The monoisotopic (exact) mass is 330 g/mol. The first-order valence-corrected chi connectivity index (χ1v) is 8.00. The zero-order valence-corrected chi connectivity index (χ0v) is 14.2. The van der Waals surface area contributed by atoms with Gasteiger partial charge in [-0.3, -0.25) is 4.98 Å². The Morgan fingerprint density at radius 2 is 1.92 bits per heavy atom. The van der Waals surface area contributed by atoms with Gasteiger partial charge in [-0.15, -0.1) is 0 Å². The maximum absolute atomic E-state index is 10.6. The Balaban J connectivity index is 1.82. The highest BCUT2D eigenvalue weighted by Gasteiger charge is 2.08. The molecule has 0 unspecified atom stereocenters. The zero-order chi connectivity index (χ0) is 17.6. The van der Waals surface area contributed by atoms with Gasteiger partial charge in [0, 0.05) is 17.3 Å². The Labute approximate surface area is 146 Å². The van der Waals surface area contributed by atoms with E-state index < -0.39 is 0 Å². The van der Waals surface area contributed by atoms with Crippen LogP contribution in [0.15, 0.2) is 65.8 Å². The molecule has 1 aromatic heterocycles. The maximum atomic E-state index is 10.6. The molecule has 124 valence electrons. The summed E-state index contributed by atoms with van der Waals surface area (Å²) in [5, 5.41) is 0. The Morgan fingerprint density at radius 1 is 1.04 bits per heavy atom. The van der Waals surface area contributed by atoms with Gasteiger partial charge in [-0.25, -0.2) is 4.79 Å². The highest BCUT2D eigenvalue weighted by Crippen LogP contribution is 2.28. The van der Waals surface area contributed by atoms with Crippen molar-refractivity contribution in [1.82, 2.24) is 4.98 Å². The summed E-state index contributed by atoms with van der Waals surface area (Å²) in [6.07, 6.45) is 3.38. The molecule has 0 fully saturated rings. The molecule has 0 aliphatic carbocycles. The van der Waals surface area contributed by atoms with Gasteiger partial charge in [0.15, 0.2) is 0 Å². The second kappa shape index (κ2) is 7.56. The minimum Gasteiger partial charge on any atom is -0.489 e. The van der Waals surface area contributed by atoms with Crippen LogP contribution in [0.4, 0.5) is 5.69 Å². The smallest absolute Gasteiger partial charge is 0.240 e. The lowest BCUT2D eigenvalue weighted by Gasteiger charge is -2.13. The topological polar surface area (TPSA) is 51.6 Å². The summed E-state index contributed by atoms with van der Waals surface area (Å²) in [7, 11) is 0. The van der Waals surface area contributed by atoms with E-state index in [2.05, 4.69) is 16.0 Å². The predicted octanol–water partition coefficient (Wildman–Crippen LogP) is 4.91. The van der Waals surface area contributed by atoms with E-state index in [-0.39, 0.29) is 0 Å². The minimum atomic E-state index is 0.344. The van der Waals surface area contributed by atoms with Crippen LogP contribution in [0.2, 0.25) is 0 Å². The standard InChI is InChI=1S/C21H18N2O2/c1-15-6-5-8-20(23-14-24)18(15)13-25-21-10-9-17(12-16(21)2)19-7-3-4-11-22-19/h3-12H,13H2,1-2H3. The molecule has 0 radical (unpaired) electrons. The average Bonchev–Trinajstić information content (AvgIpc) is 2.63. The molecule has 0 atom stereocenters. The van der Waals surface area contributed by atoms with E-state index in [4.69, 9.17) is 4.74 Å². The van der Waals surface area contributed by atoms with Crippen molar-refractivity contribution in [2.75, 3.05) is 0 Å². The highest BCUT2D eigenvalue weighted by molar-refractivity contribution is 5.62. The average molecular weight is 330 g/mol. The molecule has 3 aromatic rings. The first-order chi connectivity index (χ1) is 12.2. The molecule has 4 heteroatoms. The van der Waals surface area contributed by atoms with E-state index in [1.807, 2.05) is 56.3 Å². The van der Waals surface area contributed by atoms with Crippen molar-refractivity contribution in [3.05, 3.63) is 77.5 Å². The van der Waals surface area contributed by atoms with E-state index >= 15 is 0 Å². The molecule has 0 aliphatic rings. The molecule has 0 saturated heterocycles. The summed E-state index contributed by atoms with van der Waals surface area (Å²) in [5.74, 6) is 0.795. The van der Waals surface area contributed by atoms with Crippen LogP contribution < -0.4 is 4.74 Å². The molecule has 25 heavy (non-hydrogen) atoms. The number of rotatable bonds is 5. The van der Waals surface area contributed by atoms with Crippen molar-refractivity contribution in [2.45, 2.75) is 20.5 Å². The van der Waals surface area contributed by atoms with Gasteiger partial charge >= 0.3 is 0 Å². The molecule has 4 nitrogen and oxygen atoms in total. The van der Waals surface area contributed by atoms with Crippen molar-refractivity contribution in [3.63, 3.8) is 0 Å². The molecule has 0 amide bonds. The molecular formula is C21H18N2O2. The van der Waals surface area contributed by atoms with Crippen molar-refractivity contribution in [1.29, 1.82) is 0 Å². The lowest BCUT2D eigenvalue weighted by molar-refractivity contribution is 0.304. The van der Waals surface area contributed by atoms with Crippen LogP contribution in [0.25, 0.3) is 11.3 Å². The van der Waals surface area contributed by atoms with E-state index in [1.165, 1.54) is 0 Å². The third kappa shape index (κ3) is 3.82. The molecule has 0 bridgehead atoms. The second-order valence-corrected chi connectivity index (χ2v) is 5.76. The van der Waals surface area contributed by atoms with Gasteiger partial charge in [0.05, 0.1) is 11.4 Å². The van der Waals surface area contributed by atoms with Gasteiger partial charge in [0.2, 0.25) is 6.08 Å². The third-order valence-electron chi connectivity index (χ3n) is 4.06. The van der Waals surface area contributed by atoms with Crippen LogP contribution in [0, 0.1) is 13.8 Å². The van der Waals surface area contributed by atoms with E-state index in [1.54, 1.807) is 18.3 Å². The zero-order valence-electron chi connectivity index (χ0n) is 14.2. The number of carbonyl (C=O) groups excluding carboxylic acids is 1. The summed E-state index contributed by atoms with van der Waals surface area (Å²) in [5.41, 5.74) is 5.51. The van der Waals surface area contributed by atoms with Crippen LogP contribution in [-0.4, -0.2) is 11.1 Å². The summed E-state index contributed by atoms with van der Waals surface area (Å²) < 4.78 is 5.97. The van der Waals surface area contributed by atoms with E-state index in [0.717, 1.165) is 33.7 Å². The van der Waals surface area contributed by atoms with E-state index in [9.17, 15) is 4.79 Å². The molecule has 0 N–H and O–H groups in total. The molecule has 0 spiro atoms. The lowest BCUT2D eigenvalue weighted by atomic mass is 10.1. The van der Waals surface area contributed by atoms with Crippen molar-refractivity contribution >= 4 is 11.8 Å². The number of aliphatic imine (C=N–C) groups is 1. The first-order valence-electron chi connectivity index (χ1n) is 8.00. The SMILES string of the molecule is Cc1cc(-c2ccccn2)ccc1OCc1c(C)cccc1N=C=O. The summed E-state index contributed by atoms with van der Waals surface area (Å²) >= 11 is 0. The molecule has 2 aromatic carbocycles. The lowest BCUT2D eigenvalue weighted by Crippen LogP contribution is -2.00. The van der Waals surface area contributed by atoms with E-state index in [0.29, 0.717) is 12.3 Å². The number of pyridine rings is 1. The Kier molecular flexibility index (Phi) is 5.03. The quantitative estimate of drug-likeness (QED) is 0.493.